The smallest absolute Gasteiger partial charge is 0.0710 e. The van der Waals surface area contributed by atoms with Gasteiger partial charge in [-0.2, -0.15) is 0 Å². The molecule has 2 aliphatic heterocycles. The van der Waals surface area contributed by atoms with Crippen LogP contribution in [-0.2, 0) is 4.74 Å². The van der Waals surface area contributed by atoms with Crippen LogP contribution in [0.1, 0.15) is 58.3 Å². The van der Waals surface area contributed by atoms with Gasteiger partial charge in [0.2, 0.25) is 0 Å². The lowest BCUT2D eigenvalue weighted by Crippen LogP contribution is -2.45. The van der Waals surface area contributed by atoms with Gasteiger partial charge >= 0.3 is 0 Å². The summed E-state index contributed by atoms with van der Waals surface area (Å²) in [5.74, 6) is 1.49. The molecule has 3 rings (SSSR count). The van der Waals surface area contributed by atoms with Crippen LogP contribution in [0.25, 0.3) is 0 Å². The van der Waals surface area contributed by atoms with Gasteiger partial charge in [-0.3, -0.25) is 0 Å². The van der Waals surface area contributed by atoms with Gasteiger partial charge < -0.3 is 15.4 Å². The van der Waals surface area contributed by atoms with E-state index in [1.54, 1.807) is 0 Å². The van der Waals surface area contributed by atoms with Crippen LogP contribution in [0.2, 0.25) is 0 Å². The summed E-state index contributed by atoms with van der Waals surface area (Å²) in [5.41, 5.74) is 6.13. The van der Waals surface area contributed by atoms with Gasteiger partial charge in [-0.25, -0.2) is 0 Å². The van der Waals surface area contributed by atoms with Crippen molar-refractivity contribution < 1.29 is 4.74 Å². The Balaban J connectivity index is 1.47. The van der Waals surface area contributed by atoms with E-state index in [2.05, 4.69) is 11.8 Å². The fraction of sp³-hybridized carbons (Fsp3) is 1.00. The van der Waals surface area contributed by atoms with Crippen LogP contribution < -0.4 is 5.73 Å². The van der Waals surface area contributed by atoms with Crippen LogP contribution in [0.3, 0.4) is 0 Å². The molecule has 1 saturated carbocycles. The average Bonchev–Trinajstić information content (AvgIpc) is 2.82. The maximum Gasteiger partial charge on any atom is 0.0710 e. The molecule has 0 amide bonds. The van der Waals surface area contributed by atoms with E-state index in [4.69, 9.17) is 10.5 Å². The van der Waals surface area contributed by atoms with E-state index in [1.807, 2.05) is 0 Å². The summed E-state index contributed by atoms with van der Waals surface area (Å²) < 4.78 is 6.51. The minimum atomic E-state index is 0.282. The van der Waals surface area contributed by atoms with Gasteiger partial charge in [-0.1, -0.05) is 26.2 Å². The van der Waals surface area contributed by atoms with Gasteiger partial charge in [0.15, 0.2) is 0 Å². The van der Waals surface area contributed by atoms with Gasteiger partial charge in [0.1, 0.15) is 0 Å². The Hall–Kier alpha value is -0.120. The molecule has 3 unspecified atom stereocenters. The predicted octanol–water partition coefficient (Wildman–Crippen LogP) is 2.79. The predicted molar refractivity (Wildman–Crippen MR) is 82.7 cm³/mol. The van der Waals surface area contributed by atoms with Crippen molar-refractivity contribution >= 4 is 0 Å². The maximum atomic E-state index is 6.51. The van der Waals surface area contributed by atoms with Crippen LogP contribution in [0.5, 0.6) is 0 Å². The topological polar surface area (TPSA) is 38.5 Å². The highest BCUT2D eigenvalue weighted by molar-refractivity contribution is 4.92. The van der Waals surface area contributed by atoms with E-state index in [9.17, 15) is 0 Å². The van der Waals surface area contributed by atoms with Gasteiger partial charge in [-0.05, 0) is 57.0 Å². The lowest BCUT2D eigenvalue weighted by molar-refractivity contribution is -0.0751. The van der Waals surface area contributed by atoms with Crippen LogP contribution in [0.4, 0.5) is 0 Å². The number of hydrogen-bond donors (Lipinski definition) is 1. The molecule has 3 heteroatoms. The number of piperidine rings is 1. The minimum absolute atomic E-state index is 0.282. The Labute approximate surface area is 124 Å². The van der Waals surface area contributed by atoms with Crippen molar-refractivity contribution in [1.82, 2.24) is 4.90 Å². The Bertz CT molecular complexity index is 314. The lowest BCUT2D eigenvalue weighted by Gasteiger charge is -2.38. The molecule has 0 aromatic carbocycles. The zero-order chi connectivity index (χ0) is 14.0. The van der Waals surface area contributed by atoms with Crippen molar-refractivity contribution in [2.24, 2.45) is 17.6 Å². The molecule has 116 valence electrons. The van der Waals surface area contributed by atoms with Crippen LogP contribution in [-0.4, -0.2) is 42.8 Å². The third-order valence-corrected chi connectivity index (χ3v) is 6.04. The molecular weight excluding hydrogens is 248 g/mol. The molecule has 0 bridgehead atoms. The zero-order valence-electron chi connectivity index (χ0n) is 13.2. The molecule has 20 heavy (non-hydrogen) atoms. The summed E-state index contributed by atoms with van der Waals surface area (Å²) in [6.45, 7) is 6.82. The van der Waals surface area contributed by atoms with Crippen molar-refractivity contribution in [3.05, 3.63) is 0 Å². The van der Waals surface area contributed by atoms with E-state index < -0.39 is 0 Å². The highest BCUT2D eigenvalue weighted by Crippen LogP contribution is 2.42. The Morgan fingerprint density at radius 2 is 1.95 bits per heavy atom. The van der Waals surface area contributed by atoms with Gasteiger partial charge in [0.05, 0.1) is 11.7 Å². The number of nitrogens with two attached hydrogens (primary N) is 1. The maximum absolute atomic E-state index is 6.51. The van der Waals surface area contributed by atoms with E-state index >= 15 is 0 Å². The summed E-state index contributed by atoms with van der Waals surface area (Å²) in [6, 6.07) is 0. The lowest BCUT2D eigenvalue weighted by atomic mass is 9.83. The van der Waals surface area contributed by atoms with Crippen molar-refractivity contribution in [2.45, 2.75) is 70.0 Å². The molecule has 3 fully saturated rings. The van der Waals surface area contributed by atoms with E-state index in [0.717, 1.165) is 24.9 Å². The van der Waals surface area contributed by atoms with Crippen LogP contribution in [0, 0.1) is 11.8 Å². The summed E-state index contributed by atoms with van der Waals surface area (Å²) >= 11 is 0. The number of hydrogen-bond acceptors (Lipinski definition) is 3. The number of rotatable bonds is 3. The summed E-state index contributed by atoms with van der Waals surface area (Å²) in [7, 11) is 0. The highest BCUT2D eigenvalue weighted by atomic mass is 16.5. The molecule has 0 radical (unpaired) electrons. The number of ether oxygens (including phenoxy) is 1. The Morgan fingerprint density at radius 1 is 1.15 bits per heavy atom. The monoisotopic (exact) mass is 280 g/mol. The van der Waals surface area contributed by atoms with Crippen molar-refractivity contribution in [3.8, 4) is 0 Å². The quantitative estimate of drug-likeness (QED) is 0.864. The first-order valence-electron chi connectivity index (χ1n) is 8.81. The fourth-order valence-corrected chi connectivity index (χ4v) is 4.67. The number of likely N-dealkylation sites (tertiary alicyclic amines) is 1. The molecule has 2 N–H and O–H groups in total. The first-order valence-corrected chi connectivity index (χ1v) is 8.81. The summed E-state index contributed by atoms with van der Waals surface area (Å²) in [5, 5.41) is 0. The first kappa shape index (κ1) is 14.8. The minimum Gasteiger partial charge on any atom is -0.370 e. The molecule has 1 spiro atoms. The molecular formula is C17H32N2O. The Morgan fingerprint density at radius 3 is 2.65 bits per heavy atom. The van der Waals surface area contributed by atoms with Gasteiger partial charge in [0, 0.05) is 13.1 Å². The molecule has 3 atom stereocenters. The first-order chi connectivity index (χ1) is 9.71. The molecule has 2 heterocycles. The normalized spacial score (nSPS) is 38.4. The van der Waals surface area contributed by atoms with Crippen molar-refractivity contribution in [2.75, 3.05) is 26.2 Å². The molecule has 0 aromatic heterocycles. The molecule has 1 aliphatic carbocycles. The Kier molecular flexibility index (Phi) is 4.68. The van der Waals surface area contributed by atoms with Crippen LogP contribution >= 0.6 is 0 Å². The second-order valence-electron chi connectivity index (χ2n) is 7.54. The third-order valence-electron chi connectivity index (χ3n) is 6.04. The molecule has 3 aliphatic rings. The zero-order valence-corrected chi connectivity index (χ0v) is 13.2. The standard InChI is InChI=1S/C17H32N2O/c1-14-12-19(10-6-15(14)11-18)13-16-5-9-17(20-16)7-3-2-4-8-17/h14-16H,2-13,18H2,1H3. The molecule has 0 aromatic rings. The van der Waals surface area contributed by atoms with Crippen molar-refractivity contribution in [1.29, 1.82) is 0 Å². The third kappa shape index (κ3) is 3.20. The second-order valence-corrected chi connectivity index (χ2v) is 7.54. The second kappa shape index (κ2) is 6.33. The van der Waals surface area contributed by atoms with Crippen LogP contribution in [0.15, 0.2) is 0 Å². The van der Waals surface area contributed by atoms with Gasteiger partial charge in [-0.15, -0.1) is 0 Å². The van der Waals surface area contributed by atoms with Gasteiger partial charge in [0.25, 0.3) is 0 Å². The molecule has 2 saturated heterocycles. The van der Waals surface area contributed by atoms with E-state index in [-0.39, 0.29) is 5.60 Å². The fourth-order valence-electron chi connectivity index (χ4n) is 4.67. The largest absolute Gasteiger partial charge is 0.370 e. The number of nitrogens with zero attached hydrogens (tertiary/aromatic N) is 1. The summed E-state index contributed by atoms with van der Waals surface area (Å²) in [6.07, 6.45) is 11.2. The van der Waals surface area contributed by atoms with E-state index in [1.165, 1.54) is 64.5 Å². The van der Waals surface area contributed by atoms with Crippen molar-refractivity contribution in [3.63, 3.8) is 0 Å². The van der Waals surface area contributed by atoms with E-state index in [0.29, 0.717) is 6.10 Å². The highest BCUT2D eigenvalue weighted by Gasteiger charge is 2.41. The SMILES string of the molecule is CC1CN(CC2CCC3(CCCCC3)O2)CCC1CN. The summed E-state index contributed by atoms with van der Waals surface area (Å²) in [4.78, 5) is 2.63. The average molecular weight is 280 g/mol. The molecule has 3 nitrogen and oxygen atoms in total.